The van der Waals surface area contributed by atoms with E-state index >= 15 is 0 Å². The molecule has 3 rings (SSSR count). The molecule has 0 aromatic carbocycles. The molecular formula is C16H27BN4O2. The van der Waals surface area contributed by atoms with Crippen molar-refractivity contribution in [3.63, 3.8) is 0 Å². The second kappa shape index (κ2) is 6.04. The first-order valence-electron chi connectivity index (χ1n) is 8.40. The average Bonchev–Trinajstić information content (AvgIpc) is 2.64. The summed E-state index contributed by atoms with van der Waals surface area (Å²) in [7, 11) is 1.76. The van der Waals surface area contributed by atoms with Crippen LogP contribution in [0.2, 0.25) is 0 Å². The van der Waals surface area contributed by atoms with Crippen molar-refractivity contribution in [2.75, 3.05) is 38.1 Å². The topological polar surface area (TPSA) is 50.7 Å². The Bertz CT molecular complexity index is 534. The van der Waals surface area contributed by atoms with Crippen LogP contribution in [0.4, 0.5) is 5.95 Å². The Kier molecular flexibility index (Phi) is 4.38. The van der Waals surface area contributed by atoms with Crippen molar-refractivity contribution in [2.45, 2.75) is 45.3 Å². The summed E-state index contributed by atoms with van der Waals surface area (Å²) in [6.07, 6.45) is 4.80. The van der Waals surface area contributed by atoms with Crippen molar-refractivity contribution in [1.29, 1.82) is 0 Å². The average molecular weight is 318 g/mol. The van der Waals surface area contributed by atoms with Gasteiger partial charge < -0.3 is 19.1 Å². The second-order valence-electron chi connectivity index (χ2n) is 7.55. The monoisotopic (exact) mass is 318 g/mol. The molecule has 3 heterocycles. The highest BCUT2D eigenvalue weighted by Gasteiger charge is 2.51. The van der Waals surface area contributed by atoms with Gasteiger partial charge in [-0.3, -0.25) is 0 Å². The zero-order chi connectivity index (χ0) is 16.7. The molecule has 1 aromatic rings. The summed E-state index contributed by atoms with van der Waals surface area (Å²) in [6, 6.07) is 0. The van der Waals surface area contributed by atoms with E-state index in [0.29, 0.717) is 0 Å². The molecule has 1 aromatic heterocycles. The van der Waals surface area contributed by atoms with E-state index in [1.54, 1.807) is 0 Å². The number of anilines is 1. The lowest BCUT2D eigenvalue weighted by Crippen LogP contribution is -2.41. The molecule has 0 spiro atoms. The highest BCUT2D eigenvalue weighted by atomic mass is 16.7. The summed E-state index contributed by atoms with van der Waals surface area (Å²) in [6.45, 7) is 12.3. The lowest BCUT2D eigenvalue weighted by atomic mass is 9.81. The Morgan fingerprint density at radius 2 is 1.57 bits per heavy atom. The fourth-order valence-electron chi connectivity index (χ4n) is 2.84. The van der Waals surface area contributed by atoms with Crippen molar-refractivity contribution in [3.05, 3.63) is 12.4 Å². The Balaban J connectivity index is 1.70. The number of likely N-dealkylation sites (N-methyl/N-ethyl adjacent to an activating group) is 1. The molecule has 0 bridgehead atoms. The number of hydrogen-bond acceptors (Lipinski definition) is 6. The van der Waals surface area contributed by atoms with Crippen LogP contribution in [0.15, 0.2) is 12.4 Å². The highest BCUT2D eigenvalue weighted by Crippen LogP contribution is 2.36. The lowest BCUT2D eigenvalue weighted by Gasteiger charge is -2.32. The summed E-state index contributed by atoms with van der Waals surface area (Å²) >= 11 is 0. The van der Waals surface area contributed by atoms with Gasteiger partial charge in [-0.25, -0.2) is 9.97 Å². The minimum atomic E-state index is -0.399. The van der Waals surface area contributed by atoms with Gasteiger partial charge in [0.05, 0.1) is 11.2 Å². The molecule has 0 amide bonds. The van der Waals surface area contributed by atoms with Gasteiger partial charge in [-0.15, -0.1) is 0 Å². The van der Waals surface area contributed by atoms with Crippen LogP contribution in [0.25, 0.3) is 0 Å². The smallest absolute Gasteiger partial charge is 0.399 e. The molecule has 0 atom stereocenters. The number of aromatic nitrogens is 2. The van der Waals surface area contributed by atoms with Crippen molar-refractivity contribution >= 4 is 18.5 Å². The van der Waals surface area contributed by atoms with Gasteiger partial charge in [-0.2, -0.15) is 0 Å². The molecule has 6 nitrogen and oxygen atoms in total. The van der Waals surface area contributed by atoms with Crippen LogP contribution in [0.3, 0.4) is 0 Å². The molecule has 0 radical (unpaired) electrons. The van der Waals surface area contributed by atoms with E-state index in [0.717, 1.165) is 44.0 Å². The number of rotatable bonds is 2. The third-order valence-electron chi connectivity index (χ3n) is 5.19. The molecule has 23 heavy (non-hydrogen) atoms. The lowest BCUT2D eigenvalue weighted by molar-refractivity contribution is 0.00578. The molecule has 2 saturated heterocycles. The minimum Gasteiger partial charge on any atom is -0.399 e. The minimum absolute atomic E-state index is 0.342. The largest absolute Gasteiger partial charge is 0.498 e. The Morgan fingerprint density at radius 1 is 0.957 bits per heavy atom. The predicted octanol–water partition coefficient (Wildman–Crippen LogP) is 0.918. The van der Waals surface area contributed by atoms with Crippen LogP contribution in [0, 0.1) is 0 Å². The quantitative estimate of drug-likeness (QED) is 0.756. The van der Waals surface area contributed by atoms with Crippen LogP contribution in [0.5, 0.6) is 0 Å². The molecule has 2 aliphatic rings. The van der Waals surface area contributed by atoms with Crippen molar-refractivity contribution < 1.29 is 9.31 Å². The Hall–Kier alpha value is -1.18. The highest BCUT2D eigenvalue weighted by molar-refractivity contribution is 6.61. The zero-order valence-corrected chi connectivity index (χ0v) is 14.9. The van der Waals surface area contributed by atoms with Gasteiger partial charge >= 0.3 is 7.12 Å². The van der Waals surface area contributed by atoms with Gasteiger partial charge in [0.25, 0.3) is 0 Å². The third-order valence-corrected chi connectivity index (χ3v) is 5.19. The third kappa shape index (κ3) is 3.37. The van der Waals surface area contributed by atoms with Crippen molar-refractivity contribution in [2.24, 2.45) is 0 Å². The molecule has 0 N–H and O–H groups in total. The summed E-state index contributed by atoms with van der Waals surface area (Å²) in [5, 5.41) is 0. The molecule has 126 valence electrons. The number of nitrogens with zero attached hydrogens (tertiary/aromatic N) is 4. The first-order valence-corrected chi connectivity index (χ1v) is 8.40. The summed E-state index contributed by atoms with van der Waals surface area (Å²) in [4.78, 5) is 13.7. The maximum Gasteiger partial charge on any atom is 0.498 e. The molecule has 0 aliphatic carbocycles. The van der Waals surface area contributed by atoms with Crippen LogP contribution in [-0.2, 0) is 9.31 Å². The van der Waals surface area contributed by atoms with Gasteiger partial charge in [0.2, 0.25) is 5.95 Å². The number of hydrogen-bond donors (Lipinski definition) is 0. The van der Waals surface area contributed by atoms with Gasteiger partial charge in [-0.05, 0) is 47.7 Å². The van der Waals surface area contributed by atoms with Crippen LogP contribution in [-0.4, -0.2) is 66.4 Å². The SMILES string of the molecule is CN1CCCN(c2ncc(B3OC(C)(C)C(C)(C)O3)cn2)CC1. The normalized spacial score (nSPS) is 24.7. The van der Waals surface area contributed by atoms with Crippen LogP contribution in [0.1, 0.15) is 34.1 Å². The summed E-state index contributed by atoms with van der Waals surface area (Å²) in [5.41, 5.74) is 0.191. The first kappa shape index (κ1) is 16.7. The van der Waals surface area contributed by atoms with E-state index in [4.69, 9.17) is 9.31 Å². The maximum atomic E-state index is 6.05. The van der Waals surface area contributed by atoms with Crippen LogP contribution >= 0.6 is 0 Å². The van der Waals surface area contributed by atoms with Gasteiger partial charge in [0, 0.05) is 37.5 Å². The maximum absolute atomic E-state index is 6.05. The first-order chi connectivity index (χ1) is 10.8. The predicted molar refractivity (Wildman–Crippen MR) is 92.1 cm³/mol. The Morgan fingerprint density at radius 3 is 2.17 bits per heavy atom. The van der Waals surface area contributed by atoms with E-state index in [9.17, 15) is 0 Å². The van der Waals surface area contributed by atoms with E-state index in [1.807, 2.05) is 12.4 Å². The van der Waals surface area contributed by atoms with Gasteiger partial charge in [-0.1, -0.05) is 0 Å². The Labute approximate surface area is 139 Å². The van der Waals surface area contributed by atoms with Gasteiger partial charge in [0.15, 0.2) is 0 Å². The molecule has 2 aliphatic heterocycles. The van der Waals surface area contributed by atoms with E-state index in [2.05, 4.69) is 54.5 Å². The molecule has 7 heteroatoms. The van der Waals surface area contributed by atoms with Crippen molar-refractivity contribution in [3.8, 4) is 0 Å². The van der Waals surface area contributed by atoms with E-state index in [-0.39, 0.29) is 11.2 Å². The van der Waals surface area contributed by atoms with Crippen molar-refractivity contribution in [1.82, 2.24) is 14.9 Å². The standard InChI is InChI=1S/C16H27BN4O2/c1-15(2)16(3,4)23-17(22-15)13-11-18-14(19-12-13)21-8-6-7-20(5)9-10-21/h11-12H,6-10H2,1-5H3. The summed E-state index contributed by atoms with van der Waals surface area (Å²) in [5.74, 6) is 0.792. The van der Waals surface area contributed by atoms with E-state index < -0.39 is 7.12 Å². The zero-order valence-electron chi connectivity index (χ0n) is 14.9. The van der Waals surface area contributed by atoms with Crippen LogP contribution < -0.4 is 10.4 Å². The molecular weight excluding hydrogens is 291 g/mol. The van der Waals surface area contributed by atoms with Gasteiger partial charge in [0.1, 0.15) is 0 Å². The second-order valence-corrected chi connectivity index (χ2v) is 7.55. The molecule has 0 unspecified atom stereocenters. The molecule has 2 fully saturated rings. The fourth-order valence-corrected chi connectivity index (χ4v) is 2.84. The fraction of sp³-hybridized carbons (Fsp3) is 0.750. The molecule has 0 saturated carbocycles. The summed E-state index contributed by atoms with van der Waals surface area (Å²) < 4.78 is 12.1. The van der Waals surface area contributed by atoms with E-state index in [1.165, 1.54) is 0 Å².